The van der Waals surface area contributed by atoms with Gasteiger partial charge in [0.15, 0.2) is 5.84 Å². The molecule has 0 aliphatic heterocycles. The quantitative estimate of drug-likeness (QED) is 0.328. The second-order valence-electron chi connectivity index (χ2n) is 2.55. The minimum atomic E-state index is -0.721. The molecule has 0 aliphatic carbocycles. The molecule has 1 rings (SSSR count). The van der Waals surface area contributed by atoms with Crippen LogP contribution >= 0.6 is 0 Å². The molecule has 0 saturated carbocycles. The van der Waals surface area contributed by atoms with Crippen molar-refractivity contribution in [3.05, 3.63) is 34.9 Å². The van der Waals surface area contributed by atoms with Gasteiger partial charge in [-0.1, -0.05) is 19.0 Å². The molecule has 3 N–H and O–H groups in total. The minimum Gasteiger partial charge on any atom is -0.409 e. The summed E-state index contributed by atoms with van der Waals surface area (Å²) in [6.45, 7) is 5.31. The molecule has 0 amide bonds. The fourth-order valence-corrected chi connectivity index (χ4v) is 0.851. The Hall–Kier alpha value is -1.65. The van der Waals surface area contributed by atoms with Crippen LogP contribution in [0.2, 0.25) is 0 Å². The van der Waals surface area contributed by atoms with Gasteiger partial charge in [0.2, 0.25) is 0 Å². The average molecular weight is 216 g/mol. The third-order valence-electron chi connectivity index (χ3n) is 1.68. The Kier molecular flexibility index (Phi) is 5.30. The third kappa shape index (κ3) is 3.19. The third-order valence-corrected chi connectivity index (χ3v) is 1.68. The molecule has 0 aromatic heterocycles. The lowest BCUT2D eigenvalue weighted by Crippen LogP contribution is -2.14. The van der Waals surface area contributed by atoms with Gasteiger partial charge in [0.05, 0.1) is 0 Å². The van der Waals surface area contributed by atoms with Crippen LogP contribution in [0.15, 0.2) is 17.3 Å². The molecule has 0 heterocycles. The molecule has 0 saturated heterocycles. The van der Waals surface area contributed by atoms with Gasteiger partial charge in [-0.25, -0.2) is 8.78 Å². The van der Waals surface area contributed by atoms with Gasteiger partial charge in [0, 0.05) is 11.1 Å². The van der Waals surface area contributed by atoms with Gasteiger partial charge < -0.3 is 10.9 Å². The average Bonchev–Trinajstić information content (AvgIpc) is 2.26. The van der Waals surface area contributed by atoms with Crippen LogP contribution in [-0.4, -0.2) is 11.0 Å². The summed E-state index contributed by atoms with van der Waals surface area (Å²) >= 11 is 0. The number of hydrogen-bond donors (Lipinski definition) is 2. The molecule has 0 bridgehead atoms. The normalized spacial score (nSPS) is 10.6. The van der Waals surface area contributed by atoms with E-state index >= 15 is 0 Å². The summed E-state index contributed by atoms with van der Waals surface area (Å²) in [5.41, 5.74) is 5.08. The van der Waals surface area contributed by atoms with E-state index in [1.807, 2.05) is 13.8 Å². The molecule has 3 nitrogen and oxygen atoms in total. The van der Waals surface area contributed by atoms with E-state index in [4.69, 9.17) is 10.9 Å². The molecule has 84 valence electrons. The van der Waals surface area contributed by atoms with E-state index in [1.165, 1.54) is 6.92 Å². The zero-order chi connectivity index (χ0) is 12.0. The molecule has 0 fully saturated rings. The van der Waals surface area contributed by atoms with E-state index in [0.717, 1.165) is 12.1 Å². The smallest absolute Gasteiger partial charge is 0.170 e. The first kappa shape index (κ1) is 13.4. The van der Waals surface area contributed by atoms with Gasteiger partial charge in [0.1, 0.15) is 11.6 Å². The van der Waals surface area contributed by atoms with E-state index in [2.05, 4.69) is 5.16 Å². The highest BCUT2D eigenvalue weighted by Crippen LogP contribution is 2.13. The van der Waals surface area contributed by atoms with Crippen LogP contribution < -0.4 is 5.73 Å². The number of nitrogens with two attached hydrogens (primary N) is 1. The second-order valence-corrected chi connectivity index (χ2v) is 2.55. The number of halogens is 2. The Labute approximate surface area is 87.2 Å². The van der Waals surface area contributed by atoms with Crippen LogP contribution in [0.3, 0.4) is 0 Å². The van der Waals surface area contributed by atoms with Crippen LogP contribution in [0.4, 0.5) is 8.78 Å². The summed E-state index contributed by atoms with van der Waals surface area (Å²) in [6, 6.07) is 2.01. The predicted molar refractivity (Wildman–Crippen MR) is 55.0 cm³/mol. The predicted octanol–water partition coefficient (Wildman–Crippen LogP) is 2.39. The van der Waals surface area contributed by atoms with E-state index in [1.54, 1.807) is 0 Å². The minimum absolute atomic E-state index is 0.0168. The Balaban J connectivity index is 0.000000921. The van der Waals surface area contributed by atoms with Gasteiger partial charge in [-0.3, -0.25) is 0 Å². The molecular weight excluding hydrogens is 202 g/mol. The first-order chi connectivity index (χ1) is 7.06. The maximum Gasteiger partial charge on any atom is 0.170 e. The van der Waals surface area contributed by atoms with Crippen LogP contribution in [-0.2, 0) is 0 Å². The van der Waals surface area contributed by atoms with Gasteiger partial charge in [0.25, 0.3) is 0 Å². The van der Waals surface area contributed by atoms with E-state index < -0.39 is 11.6 Å². The van der Waals surface area contributed by atoms with Gasteiger partial charge in [-0.15, -0.1) is 0 Å². The van der Waals surface area contributed by atoms with Crippen molar-refractivity contribution in [2.45, 2.75) is 20.8 Å². The molecule has 0 aliphatic rings. The monoisotopic (exact) mass is 216 g/mol. The molecule has 5 heteroatoms. The maximum absolute atomic E-state index is 12.9. The van der Waals surface area contributed by atoms with Crippen molar-refractivity contribution in [2.75, 3.05) is 0 Å². The van der Waals surface area contributed by atoms with Crippen molar-refractivity contribution in [3.63, 3.8) is 0 Å². The Morgan fingerprint density at radius 2 is 1.67 bits per heavy atom. The Morgan fingerprint density at radius 1 is 1.27 bits per heavy atom. The first-order valence-corrected chi connectivity index (χ1v) is 4.49. The number of benzene rings is 1. The van der Waals surface area contributed by atoms with Crippen molar-refractivity contribution >= 4 is 5.84 Å². The maximum atomic E-state index is 12.9. The lowest BCUT2D eigenvalue weighted by molar-refractivity contribution is 0.318. The van der Waals surface area contributed by atoms with Gasteiger partial charge >= 0.3 is 0 Å². The van der Waals surface area contributed by atoms with E-state index in [-0.39, 0.29) is 17.0 Å². The Morgan fingerprint density at radius 3 is 2.00 bits per heavy atom. The summed E-state index contributed by atoms with van der Waals surface area (Å²) in [7, 11) is 0. The molecule has 15 heavy (non-hydrogen) atoms. The molecule has 1 aromatic rings. The number of nitrogens with zero attached hydrogens (tertiary/aromatic N) is 1. The van der Waals surface area contributed by atoms with E-state index in [9.17, 15) is 8.78 Å². The number of rotatable bonds is 1. The van der Waals surface area contributed by atoms with Crippen molar-refractivity contribution in [2.24, 2.45) is 10.9 Å². The fourth-order valence-electron chi connectivity index (χ4n) is 0.851. The molecule has 0 spiro atoms. The highest BCUT2D eigenvalue weighted by molar-refractivity contribution is 5.97. The molecular formula is C10H14F2N2O. The number of hydrogen-bond acceptors (Lipinski definition) is 2. The molecule has 0 radical (unpaired) electrons. The van der Waals surface area contributed by atoms with Crippen LogP contribution in [0.25, 0.3) is 0 Å². The lowest BCUT2D eigenvalue weighted by atomic mass is 10.1. The van der Waals surface area contributed by atoms with Crippen molar-refractivity contribution in [3.8, 4) is 0 Å². The zero-order valence-electron chi connectivity index (χ0n) is 8.88. The summed E-state index contributed by atoms with van der Waals surface area (Å²) in [5, 5.41) is 10.9. The summed E-state index contributed by atoms with van der Waals surface area (Å²) < 4.78 is 25.8. The summed E-state index contributed by atoms with van der Waals surface area (Å²) in [4.78, 5) is 0. The van der Waals surface area contributed by atoms with Crippen molar-refractivity contribution in [1.29, 1.82) is 0 Å². The summed E-state index contributed by atoms with van der Waals surface area (Å²) in [6.07, 6.45) is 0. The zero-order valence-corrected chi connectivity index (χ0v) is 8.88. The van der Waals surface area contributed by atoms with Gasteiger partial charge in [-0.05, 0) is 19.1 Å². The molecule has 0 unspecified atom stereocenters. The lowest BCUT2D eigenvalue weighted by Gasteiger charge is -2.02. The van der Waals surface area contributed by atoms with Crippen molar-refractivity contribution in [1.82, 2.24) is 0 Å². The summed E-state index contributed by atoms with van der Waals surface area (Å²) in [5.74, 6) is -1.76. The largest absolute Gasteiger partial charge is 0.409 e. The first-order valence-electron chi connectivity index (χ1n) is 4.49. The highest BCUT2D eigenvalue weighted by atomic mass is 19.1. The SMILES string of the molecule is CC.Cc1c(F)cc(/C(N)=N/O)cc1F. The Bertz CT molecular complexity index is 341. The fraction of sp³-hybridized carbons (Fsp3) is 0.300. The second kappa shape index (κ2) is 5.95. The van der Waals surface area contributed by atoms with Crippen molar-refractivity contribution < 1.29 is 14.0 Å². The van der Waals surface area contributed by atoms with Gasteiger partial charge in [-0.2, -0.15) is 0 Å². The van der Waals surface area contributed by atoms with Crippen LogP contribution in [0.1, 0.15) is 25.0 Å². The number of amidine groups is 1. The highest BCUT2D eigenvalue weighted by Gasteiger charge is 2.08. The van der Waals surface area contributed by atoms with Crippen LogP contribution in [0, 0.1) is 18.6 Å². The molecule has 0 atom stereocenters. The van der Waals surface area contributed by atoms with Crippen LogP contribution in [0.5, 0.6) is 0 Å². The standard InChI is InChI=1S/C8H8F2N2O.C2H6/c1-4-6(9)2-5(3-7(4)10)8(11)12-13;1-2/h2-3,13H,1H3,(H2,11,12);1-2H3. The number of oxime groups is 1. The topological polar surface area (TPSA) is 58.6 Å². The molecule has 1 aromatic carbocycles. The van der Waals surface area contributed by atoms with E-state index in [0.29, 0.717) is 0 Å².